The maximum absolute atomic E-state index is 11.9. The largest absolute Gasteiger partial charge is 0.508 e. The zero-order valence-electron chi connectivity index (χ0n) is 22.5. The molecule has 0 bridgehead atoms. The summed E-state index contributed by atoms with van der Waals surface area (Å²) in [4.78, 5) is 11.9. The van der Waals surface area contributed by atoms with Crippen molar-refractivity contribution in [3.8, 4) is 0 Å². The van der Waals surface area contributed by atoms with E-state index in [4.69, 9.17) is 14.6 Å². The highest BCUT2D eigenvalue weighted by Gasteiger charge is 2.59. The fourth-order valence-corrected chi connectivity index (χ4v) is 9.05. The summed E-state index contributed by atoms with van der Waals surface area (Å²) in [6.45, 7) is 12.3. The van der Waals surface area contributed by atoms with E-state index in [0.717, 1.165) is 54.8 Å². The Morgan fingerprint density at radius 2 is 1.88 bits per heavy atom. The van der Waals surface area contributed by atoms with Crippen LogP contribution in [0.2, 0.25) is 0 Å². The molecule has 0 saturated heterocycles. The van der Waals surface area contributed by atoms with Gasteiger partial charge in [-0.3, -0.25) is 0 Å². The molecule has 8 atom stereocenters. The molecule has 3 fully saturated rings. The van der Waals surface area contributed by atoms with Gasteiger partial charge in [0.15, 0.2) is 0 Å². The van der Waals surface area contributed by atoms with Crippen molar-refractivity contribution in [1.29, 1.82) is 0 Å². The summed E-state index contributed by atoms with van der Waals surface area (Å²) >= 11 is 0. The number of hydrogen-bond donors (Lipinski definition) is 1. The van der Waals surface area contributed by atoms with Crippen molar-refractivity contribution in [2.75, 3.05) is 13.2 Å². The van der Waals surface area contributed by atoms with Gasteiger partial charge < -0.3 is 14.6 Å². The van der Waals surface area contributed by atoms with Gasteiger partial charge in [0.25, 0.3) is 0 Å². The van der Waals surface area contributed by atoms with E-state index in [-0.39, 0.29) is 24.7 Å². The van der Waals surface area contributed by atoms with E-state index in [9.17, 15) is 4.79 Å². The van der Waals surface area contributed by atoms with Gasteiger partial charge in [-0.25, -0.2) is 4.79 Å². The van der Waals surface area contributed by atoms with Crippen LogP contribution in [0.1, 0.15) is 105 Å². The van der Waals surface area contributed by atoms with Gasteiger partial charge in [0.05, 0.1) is 6.61 Å². The Kier molecular flexibility index (Phi) is 8.06. The lowest BCUT2D eigenvalue weighted by Crippen LogP contribution is -2.51. The Bertz CT molecular complexity index is 744. The van der Waals surface area contributed by atoms with Gasteiger partial charge in [-0.05, 0) is 91.3 Å². The highest BCUT2D eigenvalue weighted by molar-refractivity contribution is 5.60. The molecule has 0 amide bonds. The van der Waals surface area contributed by atoms with E-state index < -0.39 is 6.16 Å². The molecule has 0 spiro atoms. The SMILES string of the molecule is CC(C)CCC[C@@H](C)[C@H]1CCC2C3CC=C4C[C@@H](OC(=O)OCCO)CC[C@]4(C)C3CC[C@@]21C. The van der Waals surface area contributed by atoms with Gasteiger partial charge >= 0.3 is 6.16 Å². The Balaban J connectivity index is 1.41. The summed E-state index contributed by atoms with van der Waals surface area (Å²) < 4.78 is 10.5. The summed E-state index contributed by atoms with van der Waals surface area (Å²) in [6.07, 6.45) is 15.7. The average Bonchev–Trinajstić information content (AvgIpc) is 3.15. The number of fused-ring (bicyclic) bond motifs is 5. The Labute approximate surface area is 208 Å². The first kappa shape index (κ1) is 26.0. The molecular weight excluding hydrogens is 424 g/mol. The maximum atomic E-state index is 11.9. The van der Waals surface area contributed by atoms with Gasteiger partial charge in [0.2, 0.25) is 0 Å². The summed E-state index contributed by atoms with van der Waals surface area (Å²) in [5, 5.41) is 8.86. The highest BCUT2D eigenvalue weighted by Crippen LogP contribution is 2.67. The van der Waals surface area contributed by atoms with Gasteiger partial charge in [-0.2, -0.15) is 0 Å². The van der Waals surface area contributed by atoms with Crippen LogP contribution in [0.15, 0.2) is 11.6 Å². The van der Waals surface area contributed by atoms with Crippen molar-refractivity contribution in [3.05, 3.63) is 11.6 Å². The normalized spacial score (nSPS) is 40.1. The second-order valence-corrected chi connectivity index (χ2v) is 13.1. The van der Waals surface area contributed by atoms with Crippen LogP contribution >= 0.6 is 0 Å². The number of carbonyl (C=O) groups excluding carboxylic acids is 1. The Morgan fingerprint density at radius 1 is 1.09 bits per heavy atom. The number of aliphatic hydroxyl groups excluding tert-OH is 1. The molecule has 1 N–H and O–H groups in total. The third-order valence-corrected chi connectivity index (χ3v) is 10.8. The third kappa shape index (κ3) is 4.95. The van der Waals surface area contributed by atoms with Crippen LogP contribution in [0.25, 0.3) is 0 Å². The number of allylic oxidation sites excluding steroid dienone is 1. The van der Waals surface area contributed by atoms with E-state index >= 15 is 0 Å². The number of ether oxygens (including phenoxy) is 2. The van der Waals surface area contributed by atoms with E-state index in [1.54, 1.807) is 0 Å². The average molecular weight is 475 g/mol. The minimum absolute atomic E-state index is 0.00716. The molecule has 0 heterocycles. The summed E-state index contributed by atoms with van der Waals surface area (Å²) in [5.41, 5.74) is 2.32. The quantitative estimate of drug-likeness (QED) is 0.291. The standard InChI is InChI=1S/C30H50O4/c1-20(2)7-6-8-21(3)25-11-12-26-24-10-9-22-19-23(34-28(32)33-18-17-31)13-15-29(22,4)27(24)14-16-30(25,26)5/h9,20-21,23-27,31H,6-8,10-19H2,1-5H3/t21-,23+,24?,25-,26?,27?,29+,30-/m1/s1. The number of aliphatic hydroxyl groups is 1. The van der Waals surface area contributed by atoms with Crippen LogP contribution in [0.5, 0.6) is 0 Å². The van der Waals surface area contributed by atoms with Crippen molar-refractivity contribution < 1.29 is 19.4 Å². The molecule has 4 rings (SSSR count). The molecule has 4 heteroatoms. The smallest absolute Gasteiger partial charge is 0.432 e. The van der Waals surface area contributed by atoms with Crippen molar-refractivity contribution >= 4 is 6.16 Å². The summed E-state index contributed by atoms with van der Waals surface area (Å²) in [7, 11) is 0. The lowest BCUT2D eigenvalue weighted by molar-refractivity contribution is -0.0620. The number of carbonyl (C=O) groups is 1. The zero-order chi connectivity index (χ0) is 24.5. The first-order valence-corrected chi connectivity index (χ1v) is 14.3. The van der Waals surface area contributed by atoms with Crippen molar-refractivity contribution in [3.63, 3.8) is 0 Å². The van der Waals surface area contributed by atoms with Crippen molar-refractivity contribution in [2.24, 2.45) is 46.3 Å². The van der Waals surface area contributed by atoms with Crippen molar-refractivity contribution in [1.82, 2.24) is 0 Å². The van der Waals surface area contributed by atoms with Crippen LogP contribution in [0.3, 0.4) is 0 Å². The minimum Gasteiger partial charge on any atom is -0.432 e. The minimum atomic E-state index is -0.634. The zero-order valence-corrected chi connectivity index (χ0v) is 22.5. The van der Waals surface area contributed by atoms with E-state index in [0.29, 0.717) is 5.41 Å². The fraction of sp³-hybridized carbons (Fsp3) is 0.900. The van der Waals surface area contributed by atoms with Gasteiger partial charge in [0.1, 0.15) is 12.7 Å². The van der Waals surface area contributed by atoms with E-state index in [1.165, 1.54) is 56.9 Å². The summed E-state index contributed by atoms with van der Waals surface area (Å²) in [5.74, 6) is 5.06. The number of rotatable bonds is 8. The molecule has 34 heavy (non-hydrogen) atoms. The number of hydrogen-bond acceptors (Lipinski definition) is 4. The second-order valence-electron chi connectivity index (χ2n) is 13.1. The molecule has 4 aliphatic carbocycles. The van der Waals surface area contributed by atoms with Crippen LogP contribution in [0.4, 0.5) is 4.79 Å². The van der Waals surface area contributed by atoms with E-state index in [2.05, 4.69) is 40.7 Å². The fourth-order valence-electron chi connectivity index (χ4n) is 9.05. The van der Waals surface area contributed by atoms with Crippen LogP contribution in [0, 0.1) is 46.3 Å². The molecule has 3 unspecified atom stereocenters. The first-order valence-electron chi connectivity index (χ1n) is 14.3. The lowest BCUT2D eigenvalue weighted by Gasteiger charge is -2.58. The topological polar surface area (TPSA) is 55.8 Å². The molecule has 0 radical (unpaired) electrons. The van der Waals surface area contributed by atoms with Gasteiger partial charge in [-0.15, -0.1) is 0 Å². The van der Waals surface area contributed by atoms with Gasteiger partial charge in [-0.1, -0.05) is 65.5 Å². The predicted molar refractivity (Wildman–Crippen MR) is 136 cm³/mol. The van der Waals surface area contributed by atoms with Crippen LogP contribution in [-0.4, -0.2) is 30.6 Å². The third-order valence-electron chi connectivity index (χ3n) is 10.8. The highest BCUT2D eigenvalue weighted by atomic mass is 16.7. The molecular formula is C30H50O4. The Hall–Kier alpha value is -1.03. The monoisotopic (exact) mass is 474 g/mol. The van der Waals surface area contributed by atoms with Crippen LogP contribution in [-0.2, 0) is 9.47 Å². The molecule has 4 aliphatic rings. The molecule has 3 saturated carbocycles. The maximum Gasteiger partial charge on any atom is 0.508 e. The van der Waals surface area contributed by atoms with Crippen molar-refractivity contribution in [2.45, 2.75) is 111 Å². The molecule has 194 valence electrons. The molecule has 0 aromatic heterocycles. The molecule has 0 aliphatic heterocycles. The van der Waals surface area contributed by atoms with Gasteiger partial charge in [0, 0.05) is 6.42 Å². The lowest BCUT2D eigenvalue weighted by atomic mass is 9.47. The van der Waals surface area contributed by atoms with E-state index in [1.807, 2.05) is 0 Å². The predicted octanol–water partition coefficient (Wildman–Crippen LogP) is 7.54. The molecule has 4 nitrogen and oxygen atoms in total. The Morgan fingerprint density at radius 3 is 2.62 bits per heavy atom. The molecule has 0 aromatic carbocycles. The van der Waals surface area contributed by atoms with Crippen LogP contribution < -0.4 is 0 Å². The second kappa shape index (κ2) is 10.5. The first-order chi connectivity index (χ1) is 16.2. The summed E-state index contributed by atoms with van der Waals surface area (Å²) in [6, 6.07) is 0. The molecule has 0 aromatic rings.